The van der Waals surface area contributed by atoms with E-state index in [0.717, 1.165) is 55.3 Å². The molecular formula is C21H30N4O2. The summed E-state index contributed by atoms with van der Waals surface area (Å²) in [6.45, 7) is 12.7. The maximum atomic E-state index is 6.05. The van der Waals surface area contributed by atoms with E-state index in [1.165, 1.54) is 0 Å². The fraction of sp³-hybridized carbons (Fsp3) is 0.619. The molecule has 2 fully saturated rings. The van der Waals surface area contributed by atoms with Crippen LogP contribution in [0.4, 0.5) is 11.6 Å². The molecule has 2 aliphatic heterocycles. The predicted octanol–water partition coefficient (Wildman–Crippen LogP) is 3.25. The van der Waals surface area contributed by atoms with Crippen molar-refractivity contribution < 1.29 is 9.47 Å². The Morgan fingerprint density at radius 2 is 1.63 bits per heavy atom. The summed E-state index contributed by atoms with van der Waals surface area (Å²) in [5, 5.41) is 0. The van der Waals surface area contributed by atoms with Crippen LogP contribution >= 0.6 is 0 Å². The molecule has 2 aromatic rings. The van der Waals surface area contributed by atoms with Gasteiger partial charge in [-0.3, -0.25) is 0 Å². The zero-order valence-electron chi connectivity index (χ0n) is 16.8. The summed E-state index contributed by atoms with van der Waals surface area (Å²) < 4.78 is 12.0. The molecule has 2 aliphatic rings. The van der Waals surface area contributed by atoms with E-state index in [2.05, 4.69) is 37.5 Å². The summed E-state index contributed by atoms with van der Waals surface area (Å²) in [6.07, 6.45) is 1.34. The van der Waals surface area contributed by atoms with Crippen molar-refractivity contribution in [1.29, 1.82) is 0 Å². The van der Waals surface area contributed by atoms with Crippen LogP contribution in [0, 0.1) is 0 Å². The lowest BCUT2D eigenvalue weighted by molar-refractivity contribution is -0.0443. The largest absolute Gasteiger partial charge is 0.372 e. The van der Waals surface area contributed by atoms with Gasteiger partial charge in [0.15, 0.2) is 11.6 Å². The Hall–Kier alpha value is -1.92. The molecule has 1 aromatic heterocycles. The van der Waals surface area contributed by atoms with Crippen LogP contribution in [0.15, 0.2) is 24.3 Å². The number of anilines is 2. The third-order valence-corrected chi connectivity index (χ3v) is 5.64. The first kappa shape index (κ1) is 18.4. The van der Waals surface area contributed by atoms with Crippen LogP contribution in [0.25, 0.3) is 11.0 Å². The van der Waals surface area contributed by atoms with Gasteiger partial charge in [0.1, 0.15) is 0 Å². The molecule has 27 heavy (non-hydrogen) atoms. The van der Waals surface area contributed by atoms with Gasteiger partial charge >= 0.3 is 0 Å². The second-order valence-corrected chi connectivity index (χ2v) is 8.10. The molecule has 0 amide bonds. The SMILES string of the molecule is CCC1(C)CN(c2nc3ccccc3nc2N2CC(C)OC(C)C2)CCO1. The van der Waals surface area contributed by atoms with Crippen molar-refractivity contribution in [2.45, 2.75) is 51.9 Å². The summed E-state index contributed by atoms with van der Waals surface area (Å²) in [4.78, 5) is 14.8. The molecule has 6 nitrogen and oxygen atoms in total. The number of morpholine rings is 2. The van der Waals surface area contributed by atoms with Gasteiger partial charge < -0.3 is 19.3 Å². The van der Waals surface area contributed by atoms with E-state index in [1.54, 1.807) is 0 Å². The number of benzene rings is 1. The Kier molecular flexibility index (Phi) is 4.95. The van der Waals surface area contributed by atoms with Crippen LogP contribution in [0.1, 0.15) is 34.1 Å². The van der Waals surface area contributed by atoms with Crippen molar-refractivity contribution in [3.8, 4) is 0 Å². The lowest BCUT2D eigenvalue weighted by Gasteiger charge is -2.43. The first-order valence-electron chi connectivity index (χ1n) is 10.0. The zero-order chi connectivity index (χ0) is 19.0. The topological polar surface area (TPSA) is 50.7 Å². The summed E-state index contributed by atoms with van der Waals surface area (Å²) >= 11 is 0. The molecule has 0 bridgehead atoms. The number of fused-ring (bicyclic) bond motifs is 1. The molecule has 0 spiro atoms. The minimum absolute atomic E-state index is 0.144. The molecule has 3 atom stereocenters. The molecule has 1 aromatic carbocycles. The van der Waals surface area contributed by atoms with Crippen molar-refractivity contribution in [2.24, 2.45) is 0 Å². The summed E-state index contributed by atoms with van der Waals surface area (Å²) in [7, 11) is 0. The van der Waals surface area contributed by atoms with Gasteiger partial charge in [-0.05, 0) is 39.3 Å². The van der Waals surface area contributed by atoms with Gasteiger partial charge in [-0.1, -0.05) is 19.1 Å². The predicted molar refractivity (Wildman–Crippen MR) is 109 cm³/mol. The molecule has 3 unspecified atom stereocenters. The molecule has 2 saturated heterocycles. The van der Waals surface area contributed by atoms with Gasteiger partial charge in [0.05, 0.1) is 35.4 Å². The van der Waals surface area contributed by atoms with Crippen molar-refractivity contribution in [3.05, 3.63) is 24.3 Å². The Balaban J connectivity index is 1.77. The minimum atomic E-state index is -0.144. The fourth-order valence-corrected chi connectivity index (χ4v) is 4.08. The Morgan fingerprint density at radius 1 is 1.04 bits per heavy atom. The second-order valence-electron chi connectivity index (χ2n) is 8.10. The summed E-state index contributed by atoms with van der Waals surface area (Å²) in [5.41, 5.74) is 1.74. The van der Waals surface area contributed by atoms with Crippen LogP contribution in [0.5, 0.6) is 0 Å². The number of para-hydroxylation sites is 2. The summed E-state index contributed by atoms with van der Waals surface area (Å²) in [6, 6.07) is 8.13. The first-order valence-corrected chi connectivity index (χ1v) is 10.0. The maximum Gasteiger partial charge on any atom is 0.172 e. The van der Waals surface area contributed by atoms with Crippen molar-refractivity contribution >= 4 is 22.7 Å². The number of ether oxygens (including phenoxy) is 2. The third kappa shape index (κ3) is 3.73. The fourth-order valence-electron chi connectivity index (χ4n) is 4.08. The number of nitrogens with zero attached hydrogens (tertiary/aromatic N) is 4. The molecule has 146 valence electrons. The van der Waals surface area contributed by atoms with E-state index >= 15 is 0 Å². The van der Waals surface area contributed by atoms with Crippen LogP contribution in [0.3, 0.4) is 0 Å². The average molecular weight is 370 g/mol. The third-order valence-electron chi connectivity index (χ3n) is 5.64. The number of hydrogen-bond donors (Lipinski definition) is 0. The van der Waals surface area contributed by atoms with Crippen LogP contribution in [-0.4, -0.2) is 60.6 Å². The van der Waals surface area contributed by atoms with Crippen LogP contribution in [0.2, 0.25) is 0 Å². The zero-order valence-corrected chi connectivity index (χ0v) is 16.8. The number of rotatable bonds is 3. The lowest BCUT2D eigenvalue weighted by atomic mass is 10.0. The normalized spacial score (nSPS) is 29.3. The second kappa shape index (κ2) is 7.24. The Labute approximate surface area is 161 Å². The first-order chi connectivity index (χ1) is 13.0. The smallest absolute Gasteiger partial charge is 0.172 e. The Bertz CT molecular complexity index is 804. The standard InChI is InChI=1S/C21H30N4O2/c1-5-21(4)14-24(10-11-26-21)19-20(25-12-15(2)27-16(3)13-25)23-18-9-7-6-8-17(18)22-19/h6-9,15-16H,5,10-14H2,1-4H3. The molecular weight excluding hydrogens is 340 g/mol. The van der Waals surface area contributed by atoms with Crippen LogP contribution in [-0.2, 0) is 9.47 Å². The molecule has 6 heteroatoms. The van der Waals surface area contributed by atoms with Gasteiger partial charge in [-0.2, -0.15) is 0 Å². The van der Waals surface area contributed by atoms with Crippen LogP contribution < -0.4 is 9.80 Å². The number of hydrogen-bond acceptors (Lipinski definition) is 6. The Morgan fingerprint density at radius 3 is 2.22 bits per heavy atom. The quantitative estimate of drug-likeness (QED) is 0.827. The monoisotopic (exact) mass is 370 g/mol. The maximum absolute atomic E-state index is 6.05. The van der Waals surface area contributed by atoms with Gasteiger partial charge in [0, 0.05) is 26.2 Å². The highest BCUT2D eigenvalue weighted by molar-refractivity contribution is 5.81. The summed E-state index contributed by atoms with van der Waals surface area (Å²) in [5.74, 6) is 1.94. The molecule has 0 N–H and O–H groups in total. The lowest BCUT2D eigenvalue weighted by Crippen LogP contribution is -2.51. The molecule has 0 aliphatic carbocycles. The highest BCUT2D eigenvalue weighted by Gasteiger charge is 2.34. The van der Waals surface area contributed by atoms with Crippen molar-refractivity contribution in [1.82, 2.24) is 9.97 Å². The van der Waals surface area contributed by atoms with Gasteiger partial charge in [0.2, 0.25) is 0 Å². The van der Waals surface area contributed by atoms with E-state index in [0.29, 0.717) is 6.61 Å². The van der Waals surface area contributed by atoms with Crippen molar-refractivity contribution in [3.63, 3.8) is 0 Å². The van der Waals surface area contributed by atoms with E-state index in [1.807, 2.05) is 24.3 Å². The minimum Gasteiger partial charge on any atom is -0.372 e. The molecule has 0 saturated carbocycles. The van der Waals surface area contributed by atoms with Gasteiger partial charge in [-0.15, -0.1) is 0 Å². The average Bonchev–Trinajstić information content (AvgIpc) is 2.66. The van der Waals surface area contributed by atoms with Gasteiger partial charge in [-0.25, -0.2) is 9.97 Å². The number of aromatic nitrogens is 2. The van der Waals surface area contributed by atoms with E-state index in [9.17, 15) is 0 Å². The van der Waals surface area contributed by atoms with Crippen molar-refractivity contribution in [2.75, 3.05) is 42.6 Å². The molecule has 3 heterocycles. The molecule has 0 radical (unpaired) electrons. The highest BCUT2D eigenvalue weighted by Crippen LogP contribution is 2.33. The van der Waals surface area contributed by atoms with Gasteiger partial charge in [0.25, 0.3) is 0 Å². The van der Waals surface area contributed by atoms with E-state index in [4.69, 9.17) is 19.4 Å². The van der Waals surface area contributed by atoms with E-state index < -0.39 is 0 Å². The van der Waals surface area contributed by atoms with E-state index in [-0.39, 0.29) is 17.8 Å². The highest BCUT2D eigenvalue weighted by atomic mass is 16.5. The molecule has 4 rings (SSSR count).